The van der Waals surface area contributed by atoms with E-state index in [0.29, 0.717) is 11.4 Å². The van der Waals surface area contributed by atoms with Crippen LogP contribution in [0.2, 0.25) is 0 Å². The third-order valence-corrected chi connectivity index (χ3v) is 3.78. The van der Waals surface area contributed by atoms with Gasteiger partial charge in [-0.1, -0.05) is 12.1 Å². The fourth-order valence-corrected chi connectivity index (χ4v) is 2.63. The van der Waals surface area contributed by atoms with Crippen LogP contribution in [0.1, 0.15) is 25.0 Å². The molecule has 5 heteroatoms. The lowest BCUT2D eigenvalue weighted by atomic mass is 10.1. The Labute approximate surface area is 130 Å². The number of nitrogens with zero attached hydrogens (tertiary/aromatic N) is 2. The van der Waals surface area contributed by atoms with Crippen molar-refractivity contribution in [3.05, 3.63) is 36.0 Å². The molecule has 1 atom stereocenters. The Morgan fingerprint density at radius 1 is 1.27 bits per heavy atom. The lowest BCUT2D eigenvalue weighted by molar-refractivity contribution is 0.0247. The SMILES string of the molecule is Cc1cc(NCC2CCCCO2)nc(-c2ccccc2O)n1. The van der Waals surface area contributed by atoms with Crippen molar-refractivity contribution in [1.82, 2.24) is 9.97 Å². The van der Waals surface area contributed by atoms with E-state index in [2.05, 4.69) is 15.3 Å². The molecule has 0 amide bonds. The Kier molecular flexibility index (Phi) is 4.53. The number of ether oxygens (including phenoxy) is 1. The molecule has 2 heterocycles. The van der Waals surface area contributed by atoms with Crippen molar-refractivity contribution >= 4 is 5.82 Å². The Morgan fingerprint density at radius 2 is 2.14 bits per heavy atom. The zero-order valence-corrected chi connectivity index (χ0v) is 12.7. The van der Waals surface area contributed by atoms with Crippen LogP contribution in [-0.2, 0) is 4.74 Å². The first-order chi connectivity index (χ1) is 10.7. The third kappa shape index (κ3) is 3.54. The highest BCUT2D eigenvalue weighted by Crippen LogP contribution is 2.26. The van der Waals surface area contributed by atoms with Crippen LogP contribution in [0.5, 0.6) is 5.75 Å². The lowest BCUT2D eigenvalue weighted by Gasteiger charge is -2.23. The van der Waals surface area contributed by atoms with Gasteiger partial charge in [0.15, 0.2) is 5.82 Å². The van der Waals surface area contributed by atoms with Gasteiger partial charge in [0.05, 0.1) is 11.7 Å². The first kappa shape index (κ1) is 14.8. The van der Waals surface area contributed by atoms with Crippen LogP contribution in [0.15, 0.2) is 30.3 Å². The summed E-state index contributed by atoms with van der Waals surface area (Å²) in [7, 11) is 0. The van der Waals surface area contributed by atoms with E-state index in [1.165, 1.54) is 6.42 Å². The van der Waals surface area contributed by atoms with Gasteiger partial charge in [-0.05, 0) is 38.3 Å². The van der Waals surface area contributed by atoms with Crippen LogP contribution < -0.4 is 5.32 Å². The molecule has 0 aliphatic carbocycles. The maximum Gasteiger partial charge on any atom is 0.165 e. The first-order valence-electron chi connectivity index (χ1n) is 7.72. The van der Waals surface area contributed by atoms with Gasteiger partial charge in [0.25, 0.3) is 0 Å². The number of aromatic hydroxyl groups is 1. The molecular formula is C17H21N3O2. The van der Waals surface area contributed by atoms with E-state index in [0.717, 1.165) is 37.5 Å². The number of anilines is 1. The monoisotopic (exact) mass is 299 g/mol. The van der Waals surface area contributed by atoms with Crippen LogP contribution >= 0.6 is 0 Å². The quantitative estimate of drug-likeness (QED) is 0.908. The number of aryl methyl sites for hydroxylation is 1. The average Bonchev–Trinajstić information content (AvgIpc) is 2.54. The van der Waals surface area contributed by atoms with E-state index in [4.69, 9.17) is 4.74 Å². The van der Waals surface area contributed by atoms with Gasteiger partial charge in [-0.15, -0.1) is 0 Å². The number of hydrogen-bond donors (Lipinski definition) is 2. The van der Waals surface area contributed by atoms with E-state index in [-0.39, 0.29) is 11.9 Å². The number of benzene rings is 1. The molecule has 5 nitrogen and oxygen atoms in total. The third-order valence-electron chi connectivity index (χ3n) is 3.78. The van der Waals surface area contributed by atoms with Crippen LogP contribution in [-0.4, -0.2) is 34.3 Å². The van der Waals surface area contributed by atoms with Crippen LogP contribution in [0, 0.1) is 6.92 Å². The second-order valence-electron chi connectivity index (χ2n) is 5.60. The summed E-state index contributed by atoms with van der Waals surface area (Å²) in [6.45, 7) is 3.52. The fraction of sp³-hybridized carbons (Fsp3) is 0.412. The molecule has 2 aromatic rings. The molecule has 1 aromatic carbocycles. The molecule has 1 aliphatic rings. The maximum absolute atomic E-state index is 9.96. The molecule has 1 aliphatic heterocycles. The van der Waals surface area contributed by atoms with E-state index in [9.17, 15) is 5.11 Å². The van der Waals surface area contributed by atoms with Gasteiger partial charge in [0.1, 0.15) is 11.6 Å². The average molecular weight is 299 g/mol. The topological polar surface area (TPSA) is 67.3 Å². The number of phenolic OH excluding ortho intramolecular Hbond substituents is 1. The molecule has 0 saturated carbocycles. The van der Waals surface area contributed by atoms with Gasteiger partial charge < -0.3 is 15.2 Å². The molecule has 1 saturated heterocycles. The molecule has 1 fully saturated rings. The first-order valence-corrected chi connectivity index (χ1v) is 7.72. The largest absolute Gasteiger partial charge is 0.507 e. The van der Waals surface area contributed by atoms with E-state index >= 15 is 0 Å². The Bertz CT molecular complexity index is 640. The number of nitrogens with one attached hydrogen (secondary N) is 1. The molecule has 116 valence electrons. The van der Waals surface area contributed by atoms with Crippen molar-refractivity contribution in [3.63, 3.8) is 0 Å². The number of aromatic nitrogens is 2. The highest BCUT2D eigenvalue weighted by Gasteiger charge is 2.14. The zero-order chi connectivity index (χ0) is 15.4. The highest BCUT2D eigenvalue weighted by molar-refractivity contribution is 5.64. The van der Waals surface area contributed by atoms with Gasteiger partial charge in [0.2, 0.25) is 0 Å². The van der Waals surface area contributed by atoms with Crippen molar-refractivity contribution in [2.45, 2.75) is 32.3 Å². The fourth-order valence-electron chi connectivity index (χ4n) is 2.63. The highest BCUT2D eigenvalue weighted by atomic mass is 16.5. The summed E-state index contributed by atoms with van der Waals surface area (Å²) in [5.41, 5.74) is 1.50. The standard InChI is InChI=1S/C17H21N3O2/c1-12-10-16(18-11-13-6-4-5-9-22-13)20-17(19-12)14-7-2-3-8-15(14)21/h2-3,7-8,10,13,21H,4-6,9,11H2,1H3,(H,18,19,20). The number of para-hydroxylation sites is 1. The summed E-state index contributed by atoms with van der Waals surface area (Å²) >= 11 is 0. The molecule has 0 radical (unpaired) electrons. The minimum absolute atomic E-state index is 0.190. The summed E-state index contributed by atoms with van der Waals surface area (Å²) in [5, 5.41) is 13.3. The number of rotatable bonds is 4. The Morgan fingerprint density at radius 3 is 2.91 bits per heavy atom. The van der Waals surface area contributed by atoms with Crippen LogP contribution in [0.3, 0.4) is 0 Å². The van der Waals surface area contributed by atoms with Crippen molar-refractivity contribution in [3.8, 4) is 17.1 Å². The van der Waals surface area contributed by atoms with E-state index in [1.807, 2.05) is 25.1 Å². The predicted octanol–water partition coefficient (Wildman–Crippen LogP) is 3.14. The van der Waals surface area contributed by atoms with E-state index in [1.54, 1.807) is 12.1 Å². The van der Waals surface area contributed by atoms with Gasteiger partial charge in [-0.25, -0.2) is 9.97 Å². The van der Waals surface area contributed by atoms with Gasteiger partial charge in [0, 0.05) is 24.9 Å². The van der Waals surface area contributed by atoms with Crippen LogP contribution in [0.4, 0.5) is 5.82 Å². The van der Waals surface area contributed by atoms with Crippen molar-refractivity contribution < 1.29 is 9.84 Å². The Hall–Kier alpha value is -2.14. The van der Waals surface area contributed by atoms with Gasteiger partial charge in [-0.2, -0.15) is 0 Å². The summed E-state index contributed by atoms with van der Waals surface area (Å²) in [5.74, 6) is 1.49. The molecule has 1 unspecified atom stereocenters. The van der Waals surface area contributed by atoms with Crippen LogP contribution in [0.25, 0.3) is 11.4 Å². The lowest BCUT2D eigenvalue weighted by Crippen LogP contribution is -2.27. The number of phenols is 1. The smallest absolute Gasteiger partial charge is 0.165 e. The molecule has 1 aromatic heterocycles. The molecular weight excluding hydrogens is 278 g/mol. The minimum atomic E-state index is 0.190. The summed E-state index contributed by atoms with van der Waals surface area (Å²) in [6.07, 6.45) is 3.71. The maximum atomic E-state index is 9.96. The molecule has 0 spiro atoms. The molecule has 2 N–H and O–H groups in total. The second kappa shape index (κ2) is 6.75. The molecule has 22 heavy (non-hydrogen) atoms. The predicted molar refractivity (Wildman–Crippen MR) is 86.0 cm³/mol. The summed E-state index contributed by atoms with van der Waals surface area (Å²) < 4.78 is 5.72. The van der Waals surface area contributed by atoms with Crippen molar-refractivity contribution in [2.75, 3.05) is 18.5 Å². The van der Waals surface area contributed by atoms with Crippen molar-refractivity contribution in [2.24, 2.45) is 0 Å². The van der Waals surface area contributed by atoms with E-state index < -0.39 is 0 Å². The van der Waals surface area contributed by atoms with Crippen molar-refractivity contribution in [1.29, 1.82) is 0 Å². The Balaban J connectivity index is 1.76. The van der Waals surface area contributed by atoms with Gasteiger partial charge >= 0.3 is 0 Å². The van der Waals surface area contributed by atoms with Gasteiger partial charge in [-0.3, -0.25) is 0 Å². The summed E-state index contributed by atoms with van der Waals surface area (Å²) in [4.78, 5) is 8.93. The zero-order valence-electron chi connectivity index (χ0n) is 12.7. The number of hydrogen-bond acceptors (Lipinski definition) is 5. The summed E-state index contributed by atoms with van der Waals surface area (Å²) in [6, 6.07) is 9.02. The normalized spacial score (nSPS) is 18.1. The molecule has 3 rings (SSSR count). The second-order valence-corrected chi connectivity index (χ2v) is 5.60. The minimum Gasteiger partial charge on any atom is -0.507 e. The molecule has 0 bridgehead atoms.